The summed E-state index contributed by atoms with van der Waals surface area (Å²) >= 11 is 5.99. The fourth-order valence-corrected chi connectivity index (χ4v) is 1.61. The van der Waals surface area contributed by atoms with Crippen molar-refractivity contribution in [3.05, 3.63) is 29.0 Å². The Balaban J connectivity index is 2.80. The molecule has 2 heterocycles. The van der Waals surface area contributed by atoms with Crippen molar-refractivity contribution in [2.75, 3.05) is 0 Å². The van der Waals surface area contributed by atoms with E-state index in [0.717, 1.165) is 5.46 Å². The number of rotatable bonds is 1. The van der Waals surface area contributed by atoms with Gasteiger partial charge in [0.1, 0.15) is 7.85 Å². The van der Waals surface area contributed by atoms with E-state index >= 15 is 0 Å². The fraction of sp³-hybridized carbons (Fsp3) is 0. The van der Waals surface area contributed by atoms with Gasteiger partial charge in [0.25, 0.3) is 5.91 Å². The zero-order valence-electron chi connectivity index (χ0n) is 7.49. The van der Waals surface area contributed by atoms with Crippen molar-refractivity contribution in [1.29, 1.82) is 0 Å². The van der Waals surface area contributed by atoms with Gasteiger partial charge in [-0.1, -0.05) is 17.1 Å². The Bertz CT molecular complexity index is 523. The Hall–Kier alpha value is -1.49. The number of hydrogen-bond donors (Lipinski definition) is 1. The van der Waals surface area contributed by atoms with E-state index in [1.54, 1.807) is 4.52 Å². The van der Waals surface area contributed by atoms with Crippen molar-refractivity contribution in [3.63, 3.8) is 0 Å². The molecule has 0 saturated carbocycles. The SMILES string of the molecule is Bc1cc2c(Cl)c(C(N)=O)cnn2c1. The molecule has 6 heteroatoms. The number of amides is 1. The first-order chi connectivity index (χ1) is 6.59. The van der Waals surface area contributed by atoms with Crippen LogP contribution in [0.15, 0.2) is 18.5 Å². The Kier molecular flexibility index (Phi) is 1.96. The minimum absolute atomic E-state index is 0.247. The zero-order chi connectivity index (χ0) is 10.3. The second-order valence-corrected chi connectivity index (χ2v) is 3.46. The summed E-state index contributed by atoms with van der Waals surface area (Å²) in [5.74, 6) is -0.566. The lowest BCUT2D eigenvalue weighted by Gasteiger charge is -2.00. The fourth-order valence-electron chi connectivity index (χ4n) is 1.33. The molecule has 2 aromatic rings. The molecule has 2 N–H and O–H groups in total. The summed E-state index contributed by atoms with van der Waals surface area (Å²) in [6.07, 6.45) is 3.20. The Morgan fingerprint density at radius 1 is 1.64 bits per heavy atom. The van der Waals surface area contributed by atoms with Gasteiger partial charge < -0.3 is 5.73 Å². The second-order valence-electron chi connectivity index (χ2n) is 3.08. The van der Waals surface area contributed by atoms with Crippen LogP contribution in [0.5, 0.6) is 0 Å². The van der Waals surface area contributed by atoms with Gasteiger partial charge in [-0.25, -0.2) is 4.52 Å². The molecule has 0 aliphatic carbocycles. The average molecular weight is 207 g/mol. The van der Waals surface area contributed by atoms with E-state index < -0.39 is 5.91 Å². The van der Waals surface area contributed by atoms with Crippen LogP contribution in [0.2, 0.25) is 5.02 Å². The molecule has 70 valence electrons. The summed E-state index contributed by atoms with van der Waals surface area (Å²) in [4.78, 5) is 11.0. The minimum atomic E-state index is -0.566. The summed E-state index contributed by atoms with van der Waals surface area (Å²) in [6, 6.07) is 1.85. The summed E-state index contributed by atoms with van der Waals surface area (Å²) in [7, 11) is 1.93. The maximum atomic E-state index is 11.0. The monoisotopic (exact) mass is 207 g/mol. The first-order valence-corrected chi connectivity index (χ1v) is 4.40. The number of nitrogens with zero attached hydrogens (tertiary/aromatic N) is 2. The lowest BCUT2D eigenvalue weighted by Crippen LogP contribution is -2.13. The van der Waals surface area contributed by atoms with E-state index in [4.69, 9.17) is 17.3 Å². The van der Waals surface area contributed by atoms with Gasteiger partial charge in [0, 0.05) is 6.20 Å². The highest BCUT2D eigenvalue weighted by atomic mass is 35.5. The van der Waals surface area contributed by atoms with Crippen LogP contribution in [0.1, 0.15) is 10.4 Å². The third kappa shape index (κ3) is 1.26. The predicted octanol–water partition coefficient (Wildman–Crippen LogP) is -0.655. The van der Waals surface area contributed by atoms with E-state index in [9.17, 15) is 4.79 Å². The highest BCUT2D eigenvalue weighted by Gasteiger charge is 2.11. The topological polar surface area (TPSA) is 60.4 Å². The van der Waals surface area contributed by atoms with E-state index in [1.165, 1.54) is 6.20 Å². The van der Waals surface area contributed by atoms with Crippen LogP contribution in [0, 0.1) is 0 Å². The van der Waals surface area contributed by atoms with Crippen molar-refractivity contribution >= 4 is 36.3 Å². The van der Waals surface area contributed by atoms with Gasteiger partial charge in [-0.2, -0.15) is 5.10 Å². The molecule has 2 rings (SSSR count). The Labute approximate surface area is 86.1 Å². The second kappa shape index (κ2) is 3.03. The standard InChI is InChI=1S/C8H7BClN3O/c9-4-1-6-7(10)5(8(11)14)2-12-13(6)3-4/h1-3H,9H2,(H2,11,14). The van der Waals surface area contributed by atoms with Gasteiger partial charge in [0.05, 0.1) is 22.3 Å². The highest BCUT2D eigenvalue weighted by Crippen LogP contribution is 2.19. The van der Waals surface area contributed by atoms with Crippen molar-refractivity contribution in [2.45, 2.75) is 0 Å². The number of halogens is 1. The molecule has 0 aliphatic heterocycles. The quantitative estimate of drug-likeness (QED) is 0.632. The number of hydrogen-bond acceptors (Lipinski definition) is 2. The van der Waals surface area contributed by atoms with Crippen molar-refractivity contribution in [3.8, 4) is 0 Å². The molecule has 0 atom stereocenters. The molecule has 0 fully saturated rings. The van der Waals surface area contributed by atoms with Gasteiger partial charge in [-0.05, 0) is 6.07 Å². The molecule has 2 aromatic heterocycles. The molecular weight excluding hydrogens is 200 g/mol. The minimum Gasteiger partial charge on any atom is -0.366 e. The van der Waals surface area contributed by atoms with Crippen molar-refractivity contribution < 1.29 is 4.79 Å². The number of nitrogens with two attached hydrogens (primary N) is 1. The molecular formula is C8H7BClN3O. The summed E-state index contributed by atoms with van der Waals surface area (Å²) < 4.78 is 1.62. The first kappa shape index (κ1) is 9.08. The van der Waals surface area contributed by atoms with Crippen LogP contribution in [0.3, 0.4) is 0 Å². The zero-order valence-corrected chi connectivity index (χ0v) is 8.25. The third-order valence-corrected chi connectivity index (χ3v) is 2.37. The van der Waals surface area contributed by atoms with Crippen LogP contribution >= 0.6 is 11.6 Å². The van der Waals surface area contributed by atoms with Gasteiger partial charge >= 0.3 is 0 Å². The molecule has 1 amide bonds. The summed E-state index contributed by atoms with van der Waals surface area (Å²) in [5.41, 5.74) is 7.11. The van der Waals surface area contributed by atoms with Crippen LogP contribution in [0.25, 0.3) is 5.52 Å². The van der Waals surface area contributed by atoms with Gasteiger partial charge in [-0.3, -0.25) is 4.79 Å². The van der Waals surface area contributed by atoms with Gasteiger partial charge in [0.2, 0.25) is 0 Å². The lowest BCUT2D eigenvalue weighted by molar-refractivity contribution is 0.1000. The highest BCUT2D eigenvalue weighted by molar-refractivity contribution is 6.38. The lowest BCUT2D eigenvalue weighted by atomic mass is 10.0. The number of carbonyl (C=O) groups is 1. The molecule has 0 aromatic carbocycles. The number of carbonyl (C=O) groups excluding carboxylic acids is 1. The molecule has 0 bridgehead atoms. The summed E-state index contributed by atoms with van der Waals surface area (Å²) in [6.45, 7) is 0. The molecule has 0 saturated heterocycles. The number of primary amides is 1. The van der Waals surface area contributed by atoms with Gasteiger partial charge in [0.15, 0.2) is 0 Å². The molecule has 0 aliphatic rings. The van der Waals surface area contributed by atoms with Crippen LogP contribution in [0.4, 0.5) is 0 Å². The maximum Gasteiger partial charge on any atom is 0.251 e. The van der Waals surface area contributed by atoms with E-state index in [2.05, 4.69) is 5.10 Å². The van der Waals surface area contributed by atoms with E-state index in [-0.39, 0.29) is 5.56 Å². The molecule has 0 spiro atoms. The van der Waals surface area contributed by atoms with Crippen LogP contribution in [-0.2, 0) is 0 Å². The average Bonchev–Trinajstić information content (AvgIpc) is 2.46. The van der Waals surface area contributed by atoms with E-state index in [1.807, 2.05) is 20.1 Å². The Morgan fingerprint density at radius 2 is 2.36 bits per heavy atom. The van der Waals surface area contributed by atoms with Crippen LogP contribution in [-0.4, -0.2) is 23.4 Å². The van der Waals surface area contributed by atoms with Crippen molar-refractivity contribution in [1.82, 2.24) is 9.61 Å². The molecule has 0 unspecified atom stereocenters. The normalized spacial score (nSPS) is 10.6. The van der Waals surface area contributed by atoms with E-state index in [0.29, 0.717) is 10.5 Å². The molecule has 14 heavy (non-hydrogen) atoms. The molecule has 0 radical (unpaired) electrons. The third-order valence-electron chi connectivity index (χ3n) is 1.98. The molecule has 4 nitrogen and oxygen atoms in total. The number of fused-ring (bicyclic) bond motifs is 1. The number of aromatic nitrogens is 2. The Morgan fingerprint density at radius 3 is 3.00 bits per heavy atom. The first-order valence-electron chi connectivity index (χ1n) is 4.03. The van der Waals surface area contributed by atoms with Crippen LogP contribution < -0.4 is 11.2 Å². The summed E-state index contributed by atoms with van der Waals surface area (Å²) in [5, 5.41) is 4.36. The smallest absolute Gasteiger partial charge is 0.251 e. The van der Waals surface area contributed by atoms with Gasteiger partial charge in [-0.15, -0.1) is 0 Å². The van der Waals surface area contributed by atoms with Crippen molar-refractivity contribution in [2.24, 2.45) is 5.73 Å². The predicted molar refractivity (Wildman–Crippen MR) is 56.9 cm³/mol. The largest absolute Gasteiger partial charge is 0.366 e. The maximum absolute atomic E-state index is 11.0.